The molecule has 0 bridgehead atoms. The number of ether oxygens (including phenoxy) is 1. The third-order valence-electron chi connectivity index (χ3n) is 3.16. The molecule has 1 atom stereocenters. The summed E-state index contributed by atoms with van der Waals surface area (Å²) in [5, 5.41) is 8.54. The van der Waals surface area contributed by atoms with Gasteiger partial charge in [0.25, 0.3) is 0 Å². The van der Waals surface area contributed by atoms with Crippen LogP contribution in [0, 0.1) is 11.3 Å². The molecule has 17 heavy (non-hydrogen) atoms. The number of benzene rings is 1. The number of aryl methyl sites for hydroxylation is 1. The minimum atomic E-state index is -0.195. The molecule has 0 radical (unpaired) electrons. The van der Waals surface area contributed by atoms with E-state index in [0.717, 1.165) is 18.6 Å². The maximum absolute atomic E-state index is 8.54. The van der Waals surface area contributed by atoms with Gasteiger partial charge < -0.3 is 10.5 Å². The van der Waals surface area contributed by atoms with Crippen molar-refractivity contribution in [2.45, 2.75) is 38.1 Å². The summed E-state index contributed by atoms with van der Waals surface area (Å²) in [5.41, 5.74) is 8.50. The van der Waals surface area contributed by atoms with Gasteiger partial charge in [-0.2, -0.15) is 5.26 Å². The smallest absolute Gasteiger partial charge is 0.122 e. The van der Waals surface area contributed by atoms with Crippen molar-refractivity contribution in [2.75, 3.05) is 6.61 Å². The van der Waals surface area contributed by atoms with Gasteiger partial charge in [0.2, 0.25) is 0 Å². The van der Waals surface area contributed by atoms with Crippen LogP contribution in [0.3, 0.4) is 0 Å². The molecule has 0 saturated carbocycles. The lowest BCUT2D eigenvalue weighted by molar-refractivity contribution is 0.286. The fraction of sp³-hybridized carbons (Fsp3) is 0.500. The quantitative estimate of drug-likeness (QED) is 0.862. The summed E-state index contributed by atoms with van der Waals surface area (Å²) in [7, 11) is 0. The van der Waals surface area contributed by atoms with Crippen LogP contribution in [0.15, 0.2) is 18.2 Å². The van der Waals surface area contributed by atoms with Gasteiger partial charge >= 0.3 is 0 Å². The largest absolute Gasteiger partial charge is 0.492 e. The molecule has 2 N–H and O–H groups in total. The lowest BCUT2D eigenvalue weighted by atomic mass is 9.91. The predicted molar refractivity (Wildman–Crippen MR) is 66.8 cm³/mol. The number of fused-ring (bicyclic) bond motifs is 1. The number of nitriles is 1. The molecular weight excluding hydrogens is 212 g/mol. The fourth-order valence-electron chi connectivity index (χ4n) is 2.25. The summed E-state index contributed by atoms with van der Waals surface area (Å²) in [6, 6.07) is 8.08. The van der Waals surface area contributed by atoms with Gasteiger partial charge in [0.15, 0.2) is 0 Å². The van der Waals surface area contributed by atoms with E-state index in [2.05, 4.69) is 12.1 Å². The average Bonchev–Trinajstić information content (AvgIpc) is 2.36. The molecular formula is C14H18N2O. The maximum atomic E-state index is 8.54. The molecule has 0 amide bonds. The Hall–Kier alpha value is -1.53. The standard InChI is InChI=1S/C14H18N2O/c15-9-8-12(16)10-17-14-7-3-5-11-4-1-2-6-13(11)14/h3,5,7,12H,1-2,4,6,8,10,16H2. The van der Waals surface area contributed by atoms with Crippen LogP contribution in [0.4, 0.5) is 0 Å². The van der Waals surface area contributed by atoms with E-state index < -0.39 is 0 Å². The molecule has 0 aromatic heterocycles. The van der Waals surface area contributed by atoms with E-state index in [4.69, 9.17) is 15.7 Å². The number of hydrogen-bond donors (Lipinski definition) is 1. The van der Waals surface area contributed by atoms with Crippen LogP contribution in [0.1, 0.15) is 30.4 Å². The zero-order valence-corrected chi connectivity index (χ0v) is 9.98. The summed E-state index contributed by atoms with van der Waals surface area (Å²) >= 11 is 0. The second-order valence-electron chi connectivity index (χ2n) is 4.53. The average molecular weight is 230 g/mol. The van der Waals surface area contributed by atoms with Crippen LogP contribution in [0.2, 0.25) is 0 Å². The van der Waals surface area contributed by atoms with Crippen LogP contribution in [0.5, 0.6) is 5.75 Å². The van der Waals surface area contributed by atoms with Gasteiger partial charge in [0, 0.05) is 0 Å². The first-order valence-corrected chi connectivity index (χ1v) is 6.17. The molecule has 1 aromatic carbocycles. The highest BCUT2D eigenvalue weighted by Crippen LogP contribution is 2.29. The molecule has 0 spiro atoms. The van der Waals surface area contributed by atoms with Gasteiger partial charge in [-0.25, -0.2) is 0 Å². The van der Waals surface area contributed by atoms with E-state index >= 15 is 0 Å². The Labute approximate surface area is 102 Å². The van der Waals surface area contributed by atoms with Gasteiger partial charge in [-0.15, -0.1) is 0 Å². The Morgan fingerprint density at radius 3 is 3.00 bits per heavy atom. The molecule has 90 valence electrons. The highest BCUT2D eigenvalue weighted by atomic mass is 16.5. The van der Waals surface area contributed by atoms with Crippen molar-refractivity contribution >= 4 is 0 Å². The molecule has 0 aliphatic heterocycles. The van der Waals surface area contributed by atoms with E-state index in [1.165, 1.54) is 24.0 Å². The number of nitrogens with two attached hydrogens (primary N) is 1. The molecule has 0 fully saturated rings. The summed E-state index contributed by atoms with van der Waals surface area (Å²) in [5.74, 6) is 0.954. The molecule has 0 saturated heterocycles. The topological polar surface area (TPSA) is 59.0 Å². The second-order valence-corrected chi connectivity index (χ2v) is 4.53. The molecule has 1 unspecified atom stereocenters. The molecule has 3 heteroatoms. The highest BCUT2D eigenvalue weighted by molar-refractivity contribution is 5.41. The molecule has 1 aliphatic carbocycles. The van der Waals surface area contributed by atoms with Crippen molar-refractivity contribution in [3.8, 4) is 11.8 Å². The van der Waals surface area contributed by atoms with Crippen molar-refractivity contribution < 1.29 is 4.74 Å². The molecule has 1 aromatic rings. The molecule has 1 aliphatic rings. The Balaban J connectivity index is 2.04. The van der Waals surface area contributed by atoms with Crippen LogP contribution in [0.25, 0.3) is 0 Å². The van der Waals surface area contributed by atoms with E-state index in [1.807, 2.05) is 12.1 Å². The molecule has 0 heterocycles. The van der Waals surface area contributed by atoms with Gasteiger partial charge in [-0.05, 0) is 42.9 Å². The summed E-state index contributed by atoms with van der Waals surface area (Å²) in [6.07, 6.45) is 5.09. The Kier molecular flexibility index (Phi) is 4.00. The van der Waals surface area contributed by atoms with Crippen LogP contribution in [-0.4, -0.2) is 12.6 Å². The summed E-state index contributed by atoms with van der Waals surface area (Å²) < 4.78 is 5.74. The second kappa shape index (κ2) is 5.70. The first-order valence-electron chi connectivity index (χ1n) is 6.17. The van der Waals surface area contributed by atoms with E-state index in [-0.39, 0.29) is 6.04 Å². The lowest BCUT2D eigenvalue weighted by Gasteiger charge is -2.20. The SMILES string of the molecule is N#CCC(N)COc1cccc2c1CCCC2. The molecule has 3 nitrogen and oxygen atoms in total. The maximum Gasteiger partial charge on any atom is 0.122 e. The van der Waals surface area contributed by atoms with Crippen molar-refractivity contribution in [3.63, 3.8) is 0 Å². The third kappa shape index (κ3) is 2.98. The first-order chi connectivity index (χ1) is 8.31. The highest BCUT2D eigenvalue weighted by Gasteiger charge is 2.14. The summed E-state index contributed by atoms with van der Waals surface area (Å²) in [4.78, 5) is 0. The van der Waals surface area contributed by atoms with Crippen molar-refractivity contribution in [2.24, 2.45) is 5.73 Å². The zero-order valence-electron chi connectivity index (χ0n) is 9.98. The number of hydrogen-bond acceptors (Lipinski definition) is 3. The fourth-order valence-corrected chi connectivity index (χ4v) is 2.25. The minimum absolute atomic E-state index is 0.195. The van der Waals surface area contributed by atoms with Crippen molar-refractivity contribution in [3.05, 3.63) is 29.3 Å². The normalized spacial score (nSPS) is 15.8. The van der Waals surface area contributed by atoms with Crippen LogP contribution < -0.4 is 10.5 Å². The summed E-state index contributed by atoms with van der Waals surface area (Å²) in [6.45, 7) is 0.421. The van der Waals surface area contributed by atoms with Gasteiger partial charge in [-0.1, -0.05) is 12.1 Å². The number of rotatable bonds is 4. The Morgan fingerprint density at radius 1 is 1.35 bits per heavy atom. The lowest BCUT2D eigenvalue weighted by Crippen LogP contribution is -2.27. The predicted octanol–water partition coefficient (Wildman–Crippen LogP) is 2.19. The van der Waals surface area contributed by atoms with E-state index in [0.29, 0.717) is 13.0 Å². The minimum Gasteiger partial charge on any atom is -0.492 e. The Morgan fingerprint density at radius 2 is 2.18 bits per heavy atom. The third-order valence-corrected chi connectivity index (χ3v) is 3.16. The van der Waals surface area contributed by atoms with Gasteiger partial charge in [-0.3, -0.25) is 0 Å². The number of nitrogens with zero attached hydrogens (tertiary/aromatic N) is 1. The molecule has 2 rings (SSSR count). The van der Waals surface area contributed by atoms with E-state index in [9.17, 15) is 0 Å². The monoisotopic (exact) mass is 230 g/mol. The van der Waals surface area contributed by atoms with E-state index in [1.54, 1.807) is 0 Å². The van der Waals surface area contributed by atoms with Gasteiger partial charge in [0.1, 0.15) is 12.4 Å². The van der Waals surface area contributed by atoms with Crippen molar-refractivity contribution in [1.29, 1.82) is 5.26 Å². The zero-order chi connectivity index (χ0) is 12.1. The van der Waals surface area contributed by atoms with Crippen LogP contribution >= 0.6 is 0 Å². The first kappa shape index (κ1) is 11.9. The van der Waals surface area contributed by atoms with Crippen molar-refractivity contribution in [1.82, 2.24) is 0 Å². The van der Waals surface area contributed by atoms with Crippen LogP contribution in [-0.2, 0) is 12.8 Å². The van der Waals surface area contributed by atoms with Gasteiger partial charge in [0.05, 0.1) is 18.5 Å². The Bertz CT molecular complexity index is 423.